The molecule has 0 aliphatic heterocycles. The Labute approximate surface area is 121 Å². The van der Waals surface area contributed by atoms with Crippen molar-refractivity contribution in [1.82, 2.24) is 5.32 Å². The fourth-order valence-corrected chi connectivity index (χ4v) is 3.24. The lowest BCUT2D eigenvalue weighted by Crippen LogP contribution is -2.38. The summed E-state index contributed by atoms with van der Waals surface area (Å²) in [6.07, 6.45) is 5.72. The predicted octanol–water partition coefficient (Wildman–Crippen LogP) is 4.82. The van der Waals surface area contributed by atoms with Gasteiger partial charge in [0.05, 0.1) is 0 Å². The van der Waals surface area contributed by atoms with E-state index < -0.39 is 0 Å². The minimum absolute atomic E-state index is 0.462. The van der Waals surface area contributed by atoms with Crippen molar-refractivity contribution in [2.24, 2.45) is 17.8 Å². The van der Waals surface area contributed by atoms with Crippen molar-refractivity contribution in [3.8, 4) is 0 Å². The molecule has 19 heavy (non-hydrogen) atoms. The van der Waals surface area contributed by atoms with Gasteiger partial charge < -0.3 is 5.32 Å². The van der Waals surface area contributed by atoms with E-state index in [1.807, 2.05) is 12.1 Å². The molecule has 1 aromatic rings. The highest BCUT2D eigenvalue weighted by Gasteiger charge is 2.42. The Kier molecular flexibility index (Phi) is 3.86. The van der Waals surface area contributed by atoms with E-state index in [-0.39, 0.29) is 0 Å². The summed E-state index contributed by atoms with van der Waals surface area (Å²) in [5, 5.41) is 4.80. The molecule has 0 saturated heterocycles. The van der Waals surface area contributed by atoms with E-state index in [1.165, 1.54) is 31.2 Å². The first-order chi connectivity index (χ1) is 9.15. The molecule has 1 N–H and O–H groups in total. The molecule has 3 rings (SSSR count). The van der Waals surface area contributed by atoms with Crippen molar-refractivity contribution in [1.29, 1.82) is 0 Å². The zero-order chi connectivity index (χ0) is 13.4. The van der Waals surface area contributed by atoms with Gasteiger partial charge in [-0.3, -0.25) is 0 Å². The molecule has 0 radical (unpaired) electrons. The second kappa shape index (κ2) is 5.46. The van der Waals surface area contributed by atoms with Crippen LogP contribution in [-0.4, -0.2) is 6.04 Å². The van der Waals surface area contributed by atoms with Crippen LogP contribution in [0.25, 0.3) is 0 Å². The maximum atomic E-state index is 6.00. The van der Waals surface area contributed by atoms with Gasteiger partial charge in [0.15, 0.2) is 0 Å². The van der Waals surface area contributed by atoms with Crippen LogP contribution in [0.15, 0.2) is 24.3 Å². The van der Waals surface area contributed by atoms with E-state index in [2.05, 4.69) is 31.3 Å². The van der Waals surface area contributed by atoms with Crippen LogP contribution in [0, 0.1) is 17.8 Å². The maximum absolute atomic E-state index is 6.00. The molecule has 2 aliphatic carbocycles. The van der Waals surface area contributed by atoms with Gasteiger partial charge in [-0.05, 0) is 61.1 Å². The van der Waals surface area contributed by atoms with Gasteiger partial charge in [0.25, 0.3) is 0 Å². The molecule has 0 bridgehead atoms. The monoisotopic (exact) mass is 277 g/mol. The van der Waals surface area contributed by atoms with Crippen molar-refractivity contribution in [2.75, 3.05) is 0 Å². The third-order valence-electron chi connectivity index (χ3n) is 4.53. The lowest BCUT2D eigenvalue weighted by molar-refractivity contribution is 0.314. The average molecular weight is 278 g/mol. The molecule has 104 valence electrons. The molecule has 2 heteroatoms. The van der Waals surface area contributed by atoms with E-state index in [4.69, 9.17) is 11.6 Å². The normalized spacial score (nSPS) is 21.1. The summed E-state index contributed by atoms with van der Waals surface area (Å²) < 4.78 is 0. The topological polar surface area (TPSA) is 12.0 Å². The van der Waals surface area contributed by atoms with Gasteiger partial charge in [-0.15, -0.1) is 0 Å². The standard InChI is InChI=1S/C17H24ClN/c1-11(2)16(12-7-9-15(18)10-8-12)19-17(13-3-4-13)14-5-6-14/h7-11,13-14,16-17,19H,3-6H2,1-2H3. The highest BCUT2D eigenvalue weighted by atomic mass is 35.5. The van der Waals surface area contributed by atoms with Crippen LogP contribution < -0.4 is 5.32 Å². The summed E-state index contributed by atoms with van der Waals surface area (Å²) in [4.78, 5) is 0. The van der Waals surface area contributed by atoms with Crippen molar-refractivity contribution >= 4 is 11.6 Å². The van der Waals surface area contributed by atoms with Gasteiger partial charge in [0.2, 0.25) is 0 Å². The number of hydrogen-bond acceptors (Lipinski definition) is 1. The second-order valence-electron chi connectivity index (χ2n) is 6.64. The van der Waals surface area contributed by atoms with Gasteiger partial charge >= 0.3 is 0 Å². The van der Waals surface area contributed by atoms with Crippen LogP contribution in [0.3, 0.4) is 0 Å². The van der Waals surface area contributed by atoms with Crippen LogP contribution in [0.1, 0.15) is 51.1 Å². The molecule has 0 amide bonds. The Morgan fingerprint density at radius 2 is 1.53 bits per heavy atom. The van der Waals surface area contributed by atoms with Gasteiger partial charge in [0, 0.05) is 17.1 Å². The third-order valence-corrected chi connectivity index (χ3v) is 4.78. The lowest BCUT2D eigenvalue weighted by atomic mass is 9.93. The highest BCUT2D eigenvalue weighted by Crippen LogP contribution is 2.45. The minimum Gasteiger partial charge on any atom is -0.306 e. The van der Waals surface area contributed by atoms with E-state index in [0.717, 1.165) is 22.9 Å². The summed E-state index contributed by atoms with van der Waals surface area (Å²) in [7, 11) is 0. The van der Waals surface area contributed by atoms with Gasteiger partial charge in [0.1, 0.15) is 0 Å². The van der Waals surface area contributed by atoms with E-state index >= 15 is 0 Å². The number of hydrogen-bond donors (Lipinski definition) is 1. The summed E-state index contributed by atoms with van der Waals surface area (Å²) in [5.74, 6) is 2.50. The molecular weight excluding hydrogens is 254 g/mol. The fraction of sp³-hybridized carbons (Fsp3) is 0.647. The summed E-state index contributed by atoms with van der Waals surface area (Å²) >= 11 is 6.00. The Morgan fingerprint density at radius 3 is 1.95 bits per heavy atom. The summed E-state index contributed by atoms with van der Waals surface area (Å²) in [5.41, 5.74) is 1.38. The van der Waals surface area contributed by atoms with Crippen molar-refractivity contribution in [3.05, 3.63) is 34.9 Å². The molecule has 2 fully saturated rings. The largest absolute Gasteiger partial charge is 0.306 e. The fourth-order valence-electron chi connectivity index (χ4n) is 3.12. The van der Waals surface area contributed by atoms with E-state index in [9.17, 15) is 0 Å². The molecule has 1 aromatic carbocycles. The molecule has 0 spiro atoms. The predicted molar refractivity (Wildman–Crippen MR) is 81.4 cm³/mol. The maximum Gasteiger partial charge on any atom is 0.0406 e. The SMILES string of the molecule is CC(C)C(NC(C1CC1)C1CC1)c1ccc(Cl)cc1. The second-order valence-corrected chi connectivity index (χ2v) is 7.08. The minimum atomic E-state index is 0.462. The lowest BCUT2D eigenvalue weighted by Gasteiger charge is -2.29. The number of halogens is 1. The average Bonchev–Trinajstić information content (AvgIpc) is 3.26. The molecule has 0 heterocycles. The molecule has 1 nitrogen and oxygen atoms in total. The zero-order valence-corrected chi connectivity index (χ0v) is 12.7. The molecule has 1 unspecified atom stereocenters. The number of benzene rings is 1. The first kappa shape index (κ1) is 13.5. The first-order valence-electron chi connectivity index (χ1n) is 7.66. The Morgan fingerprint density at radius 1 is 1.00 bits per heavy atom. The van der Waals surface area contributed by atoms with Crippen molar-refractivity contribution < 1.29 is 0 Å². The van der Waals surface area contributed by atoms with Gasteiger partial charge in [-0.25, -0.2) is 0 Å². The van der Waals surface area contributed by atoms with Crippen LogP contribution >= 0.6 is 11.6 Å². The third kappa shape index (κ3) is 3.32. The highest BCUT2D eigenvalue weighted by molar-refractivity contribution is 6.30. The van der Waals surface area contributed by atoms with Gasteiger partial charge in [-0.1, -0.05) is 37.6 Å². The Balaban J connectivity index is 1.74. The smallest absolute Gasteiger partial charge is 0.0406 e. The van der Waals surface area contributed by atoms with Gasteiger partial charge in [-0.2, -0.15) is 0 Å². The summed E-state index contributed by atoms with van der Waals surface area (Å²) in [6.45, 7) is 4.62. The molecular formula is C17H24ClN. The Hall–Kier alpha value is -0.530. The molecule has 2 saturated carbocycles. The van der Waals surface area contributed by atoms with Crippen LogP contribution in [0.4, 0.5) is 0 Å². The van der Waals surface area contributed by atoms with E-state index in [0.29, 0.717) is 12.0 Å². The van der Waals surface area contributed by atoms with E-state index in [1.54, 1.807) is 0 Å². The number of nitrogens with one attached hydrogen (secondary N) is 1. The molecule has 1 atom stereocenters. The molecule has 0 aromatic heterocycles. The van der Waals surface area contributed by atoms with Crippen LogP contribution in [0.2, 0.25) is 5.02 Å². The first-order valence-corrected chi connectivity index (χ1v) is 8.04. The summed E-state index contributed by atoms with van der Waals surface area (Å²) in [6, 6.07) is 9.59. The van der Waals surface area contributed by atoms with Crippen molar-refractivity contribution in [2.45, 2.75) is 51.6 Å². The van der Waals surface area contributed by atoms with Crippen molar-refractivity contribution in [3.63, 3.8) is 0 Å². The number of rotatable bonds is 6. The Bertz CT molecular complexity index is 405. The quantitative estimate of drug-likeness (QED) is 0.786. The van der Waals surface area contributed by atoms with Crippen LogP contribution in [-0.2, 0) is 0 Å². The zero-order valence-electron chi connectivity index (χ0n) is 11.9. The van der Waals surface area contributed by atoms with Crippen LogP contribution in [0.5, 0.6) is 0 Å². The molecule has 2 aliphatic rings.